The fourth-order valence-electron chi connectivity index (χ4n) is 0.906. The summed E-state index contributed by atoms with van der Waals surface area (Å²) in [6.07, 6.45) is 0. The molecule has 0 aliphatic carbocycles. The molecule has 0 amide bonds. The Balaban J connectivity index is 3.17. The first-order valence-electron chi connectivity index (χ1n) is 3.76. The number of phenols is 1. The summed E-state index contributed by atoms with van der Waals surface area (Å²) in [5.74, 6) is -0.267. The summed E-state index contributed by atoms with van der Waals surface area (Å²) in [7, 11) is -4.19. The van der Waals surface area contributed by atoms with Crippen molar-refractivity contribution >= 4 is 9.84 Å². The third kappa shape index (κ3) is 2.02. The van der Waals surface area contributed by atoms with Gasteiger partial charge in [0.25, 0.3) is 0 Å². The lowest BCUT2D eigenvalue weighted by Crippen LogP contribution is -2.20. The fraction of sp³-hybridized carbons (Fsp3) is 0.250. The molecule has 0 aliphatic rings. The van der Waals surface area contributed by atoms with E-state index in [1.165, 1.54) is 12.1 Å². The highest BCUT2D eigenvalue weighted by Crippen LogP contribution is 2.20. The lowest BCUT2D eigenvalue weighted by molar-refractivity contribution is 0.225. The molecule has 0 aliphatic heterocycles. The van der Waals surface area contributed by atoms with E-state index in [4.69, 9.17) is 10.2 Å². The van der Waals surface area contributed by atoms with Crippen LogP contribution in [-0.2, 0) is 9.84 Å². The molecule has 1 aromatic carbocycles. The smallest absolute Gasteiger partial charge is 0.228 e. The highest BCUT2D eigenvalue weighted by atomic mass is 32.2. The van der Waals surface area contributed by atoms with E-state index in [0.717, 1.165) is 12.1 Å². The monoisotopic (exact) mass is 220 g/mol. The molecule has 4 nitrogen and oxygen atoms in total. The number of sulfone groups is 1. The molecule has 1 atom stereocenters. The molecule has 0 heterocycles. The number of benzene rings is 1. The van der Waals surface area contributed by atoms with Gasteiger partial charge in [-0.15, -0.1) is 0 Å². The maximum absolute atomic E-state index is 12.8. The number of aromatic hydroxyl groups is 1. The van der Waals surface area contributed by atoms with Gasteiger partial charge < -0.3 is 10.2 Å². The first-order valence-corrected chi connectivity index (χ1v) is 5.31. The first kappa shape index (κ1) is 10.9. The first-order chi connectivity index (χ1) is 6.48. The summed E-state index contributed by atoms with van der Waals surface area (Å²) >= 11 is 0. The van der Waals surface area contributed by atoms with Crippen LogP contribution in [-0.4, -0.2) is 30.7 Å². The van der Waals surface area contributed by atoms with Crippen LogP contribution >= 0.6 is 0 Å². The normalized spacial score (nSPS) is 13.9. The quantitative estimate of drug-likeness (QED) is 0.775. The number of phenolic OH excluding ortho intramolecular Hbond substituents is 1. The number of alkyl halides is 1. The van der Waals surface area contributed by atoms with Crippen molar-refractivity contribution in [3.05, 3.63) is 24.3 Å². The molecule has 1 aromatic rings. The van der Waals surface area contributed by atoms with Gasteiger partial charge in [0.05, 0.1) is 11.5 Å². The summed E-state index contributed by atoms with van der Waals surface area (Å²) in [5, 5.41) is 17.4. The second kappa shape index (κ2) is 3.93. The van der Waals surface area contributed by atoms with Gasteiger partial charge in [0.2, 0.25) is 15.3 Å². The van der Waals surface area contributed by atoms with Crippen molar-refractivity contribution in [2.75, 3.05) is 6.61 Å². The van der Waals surface area contributed by atoms with Crippen LogP contribution in [0.3, 0.4) is 0 Å². The third-order valence-electron chi connectivity index (χ3n) is 1.63. The van der Waals surface area contributed by atoms with Crippen molar-refractivity contribution in [1.82, 2.24) is 0 Å². The van der Waals surface area contributed by atoms with Gasteiger partial charge in [-0.2, -0.15) is 0 Å². The zero-order chi connectivity index (χ0) is 10.8. The molecule has 1 unspecified atom stereocenters. The molecule has 6 heteroatoms. The van der Waals surface area contributed by atoms with Gasteiger partial charge in [-0.05, 0) is 18.2 Å². The fourth-order valence-corrected chi connectivity index (χ4v) is 1.95. The minimum absolute atomic E-state index is 0.267. The maximum Gasteiger partial charge on any atom is 0.228 e. The van der Waals surface area contributed by atoms with E-state index in [1.54, 1.807) is 0 Å². The molecule has 0 bridgehead atoms. The van der Waals surface area contributed by atoms with E-state index < -0.39 is 21.9 Å². The predicted molar refractivity (Wildman–Crippen MR) is 47.3 cm³/mol. The molecule has 78 valence electrons. The lowest BCUT2D eigenvalue weighted by Gasteiger charge is -2.06. The van der Waals surface area contributed by atoms with Crippen LogP contribution in [0.25, 0.3) is 0 Å². The molecule has 0 spiro atoms. The van der Waals surface area contributed by atoms with Gasteiger partial charge >= 0.3 is 0 Å². The molecule has 1 rings (SSSR count). The summed E-state index contributed by atoms with van der Waals surface area (Å²) in [4.78, 5) is -0.348. The molecule has 14 heavy (non-hydrogen) atoms. The summed E-state index contributed by atoms with van der Waals surface area (Å²) in [6, 6.07) is 4.63. The summed E-state index contributed by atoms with van der Waals surface area (Å²) < 4.78 is 35.3. The van der Waals surface area contributed by atoms with Gasteiger partial charge in [-0.25, -0.2) is 12.8 Å². The van der Waals surface area contributed by atoms with Crippen molar-refractivity contribution in [2.24, 2.45) is 0 Å². The van der Waals surface area contributed by atoms with Crippen molar-refractivity contribution in [3.63, 3.8) is 0 Å². The van der Waals surface area contributed by atoms with Crippen LogP contribution in [0.15, 0.2) is 29.2 Å². The van der Waals surface area contributed by atoms with Crippen LogP contribution in [0, 0.1) is 0 Å². The van der Waals surface area contributed by atoms with Crippen LogP contribution in [0.4, 0.5) is 4.39 Å². The van der Waals surface area contributed by atoms with Crippen LogP contribution < -0.4 is 0 Å². The van der Waals surface area contributed by atoms with Gasteiger partial charge in [0, 0.05) is 0 Å². The highest BCUT2D eigenvalue weighted by molar-refractivity contribution is 7.92. The predicted octanol–water partition coefficient (Wildman–Crippen LogP) is 0.454. The Morgan fingerprint density at radius 2 is 2.07 bits per heavy atom. The number of rotatable bonds is 3. The summed E-state index contributed by atoms with van der Waals surface area (Å²) in [5.41, 5.74) is -2.36. The Morgan fingerprint density at radius 3 is 2.57 bits per heavy atom. The van der Waals surface area contributed by atoms with Crippen molar-refractivity contribution < 1.29 is 23.0 Å². The highest BCUT2D eigenvalue weighted by Gasteiger charge is 2.26. The minimum Gasteiger partial charge on any atom is -0.508 e. The largest absolute Gasteiger partial charge is 0.508 e. The molecule has 0 saturated heterocycles. The third-order valence-corrected chi connectivity index (χ3v) is 3.36. The van der Waals surface area contributed by atoms with Gasteiger partial charge in [-0.3, -0.25) is 0 Å². The Bertz CT molecular complexity index is 415. The van der Waals surface area contributed by atoms with Crippen molar-refractivity contribution in [2.45, 2.75) is 10.4 Å². The molecule has 0 fully saturated rings. The van der Waals surface area contributed by atoms with E-state index in [-0.39, 0.29) is 10.6 Å². The topological polar surface area (TPSA) is 74.6 Å². The molecule has 0 radical (unpaired) electrons. The van der Waals surface area contributed by atoms with Crippen LogP contribution in [0.1, 0.15) is 0 Å². The Kier molecular flexibility index (Phi) is 3.07. The molecule has 0 aromatic heterocycles. The number of aliphatic hydroxyl groups is 1. The molecular formula is C8H9FO4S. The van der Waals surface area contributed by atoms with E-state index in [9.17, 15) is 12.8 Å². The Morgan fingerprint density at radius 1 is 1.43 bits per heavy atom. The Hall–Kier alpha value is -1.14. The molecule has 0 saturated carbocycles. The second-order valence-electron chi connectivity index (χ2n) is 2.63. The zero-order valence-electron chi connectivity index (χ0n) is 7.09. The number of halogens is 1. The molecular weight excluding hydrogens is 211 g/mol. The zero-order valence-corrected chi connectivity index (χ0v) is 7.91. The van der Waals surface area contributed by atoms with E-state index >= 15 is 0 Å². The Labute approximate surface area is 80.5 Å². The van der Waals surface area contributed by atoms with Crippen molar-refractivity contribution in [3.8, 4) is 5.75 Å². The number of hydrogen-bond donors (Lipinski definition) is 2. The lowest BCUT2D eigenvalue weighted by atomic mass is 10.3. The van der Waals surface area contributed by atoms with Gasteiger partial charge in [0.1, 0.15) is 5.75 Å². The van der Waals surface area contributed by atoms with E-state index in [2.05, 4.69) is 0 Å². The van der Waals surface area contributed by atoms with Crippen LogP contribution in [0.5, 0.6) is 5.75 Å². The van der Waals surface area contributed by atoms with Crippen molar-refractivity contribution in [1.29, 1.82) is 0 Å². The number of aliphatic hydroxyl groups excluding tert-OH is 1. The second-order valence-corrected chi connectivity index (χ2v) is 4.71. The van der Waals surface area contributed by atoms with Gasteiger partial charge in [-0.1, -0.05) is 6.07 Å². The van der Waals surface area contributed by atoms with E-state index in [0.29, 0.717) is 0 Å². The molecule has 2 N–H and O–H groups in total. The average molecular weight is 220 g/mol. The summed E-state index contributed by atoms with van der Waals surface area (Å²) in [6.45, 7) is -1.10. The standard InChI is InChI=1S/C8H9FO4S/c9-8(5-10)14(12,13)7-3-1-2-6(11)4-7/h1-4,8,10-11H,5H2. The van der Waals surface area contributed by atoms with Gasteiger partial charge in [0.15, 0.2) is 0 Å². The minimum atomic E-state index is -4.19. The van der Waals surface area contributed by atoms with E-state index in [1.807, 2.05) is 0 Å². The maximum atomic E-state index is 12.8. The van der Waals surface area contributed by atoms with Crippen LogP contribution in [0.2, 0.25) is 0 Å². The SMILES string of the molecule is O=S(=O)(c1cccc(O)c1)C(F)CO. The number of hydrogen-bond acceptors (Lipinski definition) is 4. The average Bonchev–Trinajstić information content (AvgIpc) is 2.16.